The highest BCUT2D eigenvalue weighted by atomic mass is 16.7. The smallest absolute Gasteiger partial charge is 0.305 e. The average Bonchev–Trinajstić information content (AvgIpc) is 3.14. The van der Waals surface area contributed by atoms with Crippen LogP contribution in [0.5, 0.6) is 11.5 Å². The lowest BCUT2D eigenvalue weighted by Gasteiger charge is -2.26. The van der Waals surface area contributed by atoms with Crippen LogP contribution in [0.3, 0.4) is 0 Å². The maximum Gasteiger partial charge on any atom is 0.305 e. The van der Waals surface area contributed by atoms with Gasteiger partial charge < -0.3 is 34.7 Å². The minimum Gasteiger partial charge on any atom is -0.481 e. The quantitative estimate of drug-likeness (QED) is 0.473. The number of Topliss-reactive ketones (excluding diaryl/α,β-unsaturated/α-hetero) is 1. The fourth-order valence-corrected chi connectivity index (χ4v) is 2.31. The topological polar surface area (TPSA) is 138 Å². The van der Waals surface area contributed by atoms with Gasteiger partial charge in [-0.3, -0.25) is 14.4 Å². The van der Waals surface area contributed by atoms with E-state index in [0.29, 0.717) is 23.9 Å². The summed E-state index contributed by atoms with van der Waals surface area (Å²) in [6.45, 7) is 2.04. The zero-order chi connectivity index (χ0) is 21.3. The monoisotopic (exact) mass is 398 g/mol. The van der Waals surface area contributed by atoms with Gasteiger partial charge in [0.05, 0.1) is 18.5 Å². The van der Waals surface area contributed by atoms with Crippen molar-refractivity contribution in [3.05, 3.63) is 23.8 Å². The zero-order valence-corrected chi connectivity index (χ0v) is 16.3. The van der Waals surface area contributed by atoms with Gasteiger partial charge in [-0.1, -0.05) is 0 Å². The molecule has 1 amide bonds. The molecule has 1 aromatic carbocycles. The highest BCUT2D eigenvalue weighted by Crippen LogP contribution is 2.32. The van der Waals surface area contributed by atoms with Crippen molar-refractivity contribution in [1.82, 2.24) is 4.90 Å². The molecule has 0 spiro atoms. The molecule has 28 heavy (non-hydrogen) atoms. The Hall–Kier alpha value is -2.69. The van der Waals surface area contributed by atoms with Crippen molar-refractivity contribution in [2.75, 3.05) is 34.9 Å². The number of amides is 1. The standard InChI is InChI=1S/C15H18N2O6.C3H8O2/c1-8(17(2)15(21)10(16)6-13(18)19)14(20)9-3-4-11-12(5-9)23-7-22-11;1-4-3-5-2/h3-5,8,10H,6-7,16H2,1-2H3,(H,18,19);3H2,1-2H3. The lowest BCUT2D eigenvalue weighted by atomic mass is 10.0. The Labute approximate surface area is 163 Å². The molecule has 2 unspecified atom stereocenters. The van der Waals surface area contributed by atoms with Crippen molar-refractivity contribution < 1.29 is 38.4 Å². The summed E-state index contributed by atoms with van der Waals surface area (Å²) in [5.41, 5.74) is 5.92. The molecule has 10 nitrogen and oxygen atoms in total. The van der Waals surface area contributed by atoms with Gasteiger partial charge in [-0.05, 0) is 25.1 Å². The molecule has 0 aromatic heterocycles. The fraction of sp³-hybridized carbons (Fsp3) is 0.500. The number of nitrogens with two attached hydrogens (primary N) is 1. The Bertz CT molecular complexity index is 692. The molecular weight excluding hydrogens is 372 g/mol. The number of carbonyl (C=O) groups is 3. The highest BCUT2D eigenvalue weighted by Gasteiger charge is 2.29. The van der Waals surface area contributed by atoms with Gasteiger partial charge in [-0.25, -0.2) is 0 Å². The third kappa shape index (κ3) is 6.48. The molecule has 0 bridgehead atoms. The largest absolute Gasteiger partial charge is 0.481 e. The molecule has 0 radical (unpaired) electrons. The Kier molecular flexibility index (Phi) is 9.36. The lowest BCUT2D eigenvalue weighted by molar-refractivity contribution is -0.141. The van der Waals surface area contributed by atoms with Gasteiger partial charge in [0.1, 0.15) is 6.79 Å². The van der Waals surface area contributed by atoms with Gasteiger partial charge in [0.15, 0.2) is 17.3 Å². The summed E-state index contributed by atoms with van der Waals surface area (Å²) in [4.78, 5) is 36.4. The number of likely N-dealkylation sites (N-methyl/N-ethyl adjacent to an activating group) is 1. The molecular formula is C18H26N2O8. The second-order valence-corrected chi connectivity index (χ2v) is 5.96. The molecule has 1 heterocycles. The summed E-state index contributed by atoms with van der Waals surface area (Å²) in [5.74, 6) is -1.05. The van der Waals surface area contributed by atoms with Gasteiger partial charge in [-0.2, -0.15) is 0 Å². The van der Waals surface area contributed by atoms with Gasteiger partial charge in [0.25, 0.3) is 0 Å². The minimum atomic E-state index is -1.19. The van der Waals surface area contributed by atoms with Crippen molar-refractivity contribution in [3.63, 3.8) is 0 Å². The third-order valence-electron chi connectivity index (χ3n) is 3.91. The van der Waals surface area contributed by atoms with E-state index in [2.05, 4.69) is 9.47 Å². The van der Waals surface area contributed by atoms with Crippen LogP contribution in [0.1, 0.15) is 23.7 Å². The molecule has 0 saturated heterocycles. The SMILES string of the molecule is CC(C(=O)c1ccc2c(c1)OCO2)N(C)C(=O)C(N)CC(=O)O.COCOC. The van der Waals surface area contributed by atoms with Crippen LogP contribution in [0.4, 0.5) is 0 Å². The Morgan fingerprint density at radius 3 is 2.36 bits per heavy atom. The molecule has 1 aliphatic rings. The fourth-order valence-electron chi connectivity index (χ4n) is 2.31. The Morgan fingerprint density at radius 2 is 1.82 bits per heavy atom. The first-order chi connectivity index (χ1) is 13.2. The summed E-state index contributed by atoms with van der Waals surface area (Å²) < 4.78 is 19.3. The molecule has 0 saturated carbocycles. The van der Waals surface area contributed by atoms with Crippen molar-refractivity contribution in [1.29, 1.82) is 0 Å². The van der Waals surface area contributed by atoms with E-state index in [1.165, 1.54) is 7.05 Å². The number of rotatable bonds is 8. The second kappa shape index (κ2) is 11.2. The van der Waals surface area contributed by atoms with Gasteiger partial charge in [-0.15, -0.1) is 0 Å². The number of ether oxygens (including phenoxy) is 4. The predicted molar refractivity (Wildman–Crippen MR) is 98.2 cm³/mol. The van der Waals surface area contributed by atoms with E-state index in [4.69, 9.17) is 20.3 Å². The van der Waals surface area contributed by atoms with Crippen LogP contribution in [0.15, 0.2) is 18.2 Å². The number of benzene rings is 1. The summed E-state index contributed by atoms with van der Waals surface area (Å²) >= 11 is 0. The number of fused-ring (bicyclic) bond motifs is 1. The molecule has 0 fully saturated rings. The lowest BCUT2D eigenvalue weighted by Crippen LogP contribution is -2.48. The molecule has 2 atom stereocenters. The van der Waals surface area contributed by atoms with Crippen molar-refractivity contribution in [2.45, 2.75) is 25.4 Å². The summed E-state index contributed by atoms with van der Waals surface area (Å²) in [6.07, 6.45) is -0.492. The first-order valence-corrected chi connectivity index (χ1v) is 8.38. The van der Waals surface area contributed by atoms with Gasteiger partial charge >= 0.3 is 5.97 Å². The number of hydrogen-bond acceptors (Lipinski definition) is 8. The summed E-state index contributed by atoms with van der Waals surface area (Å²) in [7, 11) is 4.59. The number of carboxylic acid groups (broad SMARTS) is 1. The zero-order valence-electron chi connectivity index (χ0n) is 16.3. The van der Waals surface area contributed by atoms with Crippen LogP contribution in [0, 0.1) is 0 Å². The summed E-state index contributed by atoms with van der Waals surface area (Å²) in [5, 5.41) is 8.69. The number of ketones is 1. The number of aliphatic carboxylic acids is 1. The van der Waals surface area contributed by atoms with E-state index in [-0.39, 0.29) is 12.6 Å². The van der Waals surface area contributed by atoms with Crippen LogP contribution in [-0.2, 0) is 19.1 Å². The van der Waals surface area contributed by atoms with Crippen LogP contribution >= 0.6 is 0 Å². The molecule has 1 aromatic rings. The second-order valence-electron chi connectivity index (χ2n) is 5.96. The van der Waals surface area contributed by atoms with E-state index in [9.17, 15) is 14.4 Å². The van der Waals surface area contributed by atoms with E-state index in [1.807, 2.05) is 0 Å². The van der Waals surface area contributed by atoms with Gasteiger partial charge in [0, 0.05) is 26.8 Å². The number of nitrogens with zero attached hydrogens (tertiary/aromatic N) is 1. The maximum absolute atomic E-state index is 12.5. The van der Waals surface area contributed by atoms with E-state index in [0.717, 1.165) is 4.90 Å². The molecule has 3 N–H and O–H groups in total. The normalized spacial score (nSPS) is 13.8. The van der Waals surface area contributed by atoms with E-state index < -0.39 is 30.4 Å². The highest BCUT2D eigenvalue weighted by molar-refractivity contribution is 6.02. The van der Waals surface area contributed by atoms with Crippen molar-refractivity contribution in [3.8, 4) is 11.5 Å². The molecule has 0 aliphatic carbocycles. The van der Waals surface area contributed by atoms with Crippen LogP contribution in [-0.4, -0.2) is 74.6 Å². The first-order valence-electron chi connectivity index (χ1n) is 8.38. The number of hydrogen-bond donors (Lipinski definition) is 2. The minimum absolute atomic E-state index is 0.102. The average molecular weight is 398 g/mol. The van der Waals surface area contributed by atoms with Gasteiger partial charge in [0.2, 0.25) is 12.7 Å². The molecule has 2 rings (SSSR count). The molecule has 156 valence electrons. The molecule has 1 aliphatic heterocycles. The predicted octanol–water partition coefficient (Wildman–Crippen LogP) is 0.484. The Morgan fingerprint density at radius 1 is 1.21 bits per heavy atom. The number of methoxy groups -OCH3 is 2. The number of carboxylic acids is 1. The third-order valence-corrected chi connectivity index (χ3v) is 3.91. The first kappa shape index (κ1) is 23.3. The van der Waals surface area contributed by atoms with Crippen molar-refractivity contribution >= 4 is 17.7 Å². The van der Waals surface area contributed by atoms with Crippen LogP contribution in [0.2, 0.25) is 0 Å². The molecule has 10 heteroatoms. The van der Waals surface area contributed by atoms with E-state index in [1.54, 1.807) is 39.3 Å². The summed E-state index contributed by atoms with van der Waals surface area (Å²) in [6, 6.07) is 2.78. The Balaban J connectivity index is 0.000000696. The van der Waals surface area contributed by atoms with E-state index >= 15 is 0 Å². The maximum atomic E-state index is 12.5. The number of carbonyl (C=O) groups excluding carboxylic acids is 2. The van der Waals surface area contributed by atoms with Crippen molar-refractivity contribution in [2.24, 2.45) is 5.73 Å². The van der Waals surface area contributed by atoms with Crippen LogP contribution in [0.25, 0.3) is 0 Å². The van der Waals surface area contributed by atoms with Crippen LogP contribution < -0.4 is 15.2 Å².